The lowest BCUT2D eigenvalue weighted by atomic mass is 9.97. The second kappa shape index (κ2) is 10.4. The van der Waals surface area contributed by atoms with E-state index in [9.17, 15) is 5.11 Å². The molecule has 0 aromatic heterocycles. The topological polar surface area (TPSA) is 29.5 Å². The van der Waals surface area contributed by atoms with Crippen molar-refractivity contribution in [2.24, 2.45) is 5.92 Å². The summed E-state index contributed by atoms with van der Waals surface area (Å²) in [5.74, 6) is 0.104. The number of aliphatic hydroxyl groups is 1. The zero-order valence-electron chi connectivity index (χ0n) is 20.0. The summed E-state index contributed by atoms with van der Waals surface area (Å²) in [5.41, 5.74) is 1.99. The molecule has 0 bridgehead atoms. The van der Waals surface area contributed by atoms with Crippen LogP contribution in [0, 0.1) is 5.92 Å². The lowest BCUT2D eigenvalue weighted by Gasteiger charge is -2.43. The Morgan fingerprint density at radius 3 is 1.66 bits per heavy atom. The number of aliphatic hydroxyl groups excluding tert-OH is 1. The smallest absolute Gasteiger partial charge is 0.261 e. The zero-order valence-corrected chi connectivity index (χ0v) is 21.0. The van der Waals surface area contributed by atoms with E-state index in [0.717, 1.165) is 11.1 Å². The van der Waals surface area contributed by atoms with Crippen LogP contribution >= 0.6 is 0 Å². The molecule has 0 heterocycles. The van der Waals surface area contributed by atoms with Crippen LogP contribution in [0.15, 0.2) is 96.6 Å². The minimum absolute atomic E-state index is 0.101. The molecule has 3 aromatic rings. The average molecular weight is 445 g/mol. The fraction of sp³-hybridized carbons (Fsp3) is 0.310. The monoisotopic (exact) mass is 444 g/mol. The Hall–Kier alpha value is -2.46. The van der Waals surface area contributed by atoms with Gasteiger partial charge in [0.05, 0.1) is 12.7 Å². The predicted octanol–water partition coefficient (Wildman–Crippen LogP) is 5.66. The number of rotatable bonds is 8. The first-order valence-corrected chi connectivity index (χ1v) is 13.3. The molecular formula is C29H36O2Si. The van der Waals surface area contributed by atoms with Gasteiger partial charge in [-0.15, -0.1) is 0 Å². The summed E-state index contributed by atoms with van der Waals surface area (Å²) in [5, 5.41) is 13.4. The van der Waals surface area contributed by atoms with Crippen molar-refractivity contribution in [3.05, 3.63) is 102 Å². The van der Waals surface area contributed by atoms with Crippen LogP contribution in [0.3, 0.4) is 0 Å². The molecule has 1 N–H and O–H groups in total. The van der Waals surface area contributed by atoms with Crippen molar-refractivity contribution >= 4 is 24.8 Å². The summed E-state index contributed by atoms with van der Waals surface area (Å²) in [6.07, 6.45) is 1.52. The summed E-state index contributed by atoms with van der Waals surface area (Å²) in [7, 11) is -2.66. The van der Waals surface area contributed by atoms with Crippen LogP contribution in [0.4, 0.5) is 0 Å². The van der Waals surface area contributed by atoms with Gasteiger partial charge < -0.3 is 9.53 Å². The first-order chi connectivity index (χ1) is 15.3. The largest absolute Gasteiger partial charge is 0.403 e. The average Bonchev–Trinajstić information content (AvgIpc) is 2.79. The van der Waals surface area contributed by atoms with E-state index in [2.05, 4.69) is 99.6 Å². The molecule has 0 radical (unpaired) electrons. The van der Waals surface area contributed by atoms with E-state index < -0.39 is 14.4 Å². The van der Waals surface area contributed by atoms with Crippen LogP contribution in [-0.4, -0.2) is 26.1 Å². The van der Waals surface area contributed by atoms with Gasteiger partial charge in [0.1, 0.15) is 0 Å². The Kier molecular flexibility index (Phi) is 7.89. The highest BCUT2D eigenvalue weighted by Gasteiger charge is 2.50. The Bertz CT molecular complexity index is 950. The van der Waals surface area contributed by atoms with E-state index >= 15 is 0 Å². The molecule has 0 aliphatic carbocycles. The molecule has 0 aliphatic rings. The fourth-order valence-electron chi connectivity index (χ4n) is 4.36. The minimum atomic E-state index is -2.66. The highest BCUT2D eigenvalue weighted by atomic mass is 28.4. The standard InChI is InChI=1S/C29H36O2Si/c1-23(2)28(30)25(21-24-15-9-6-10-16-24)22-31-32(29(3,4)5,26-17-11-7-12-18-26)27-19-13-8-14-20-27/h6-21,23,28,30H,22H2,1-5H3/b25-21+. The third-order valence-electron chi connectivity index (χ3n) is 6.04. The Morgan fingerprint density at radius 2 is 1.25 bits per heavy atom. The van der Waals surface area contributed by atoms with Crippen LogP contribution in [0.5, 0.6) is 0 Å². The molecule has 168 valence electrons. The molecule has 0 saturated carbocycles. The van der Waals surface area contributed by atoms with Crippen molar-refractivity contribution in [3.63, 3.8) is 0 Å². The van der Waals surface area contributed by atoms with Crippen LogP contribution in [-0.2, 0) is 4.43 Å². The molecule has 0 spiro atoms. The molecule has 32 heavy (non-hydrogen) atoms. The molecule has 0 saturated heterocycles. The van der Waals surface area contributed by atoms with Crippen LogP contribution in [0.1, 0.15) is 40.2 Å². The van der Waals surface area contributed by atoms with Crippen LogP contribution in [0.2, 0.25) is 5.04 Å². The molecule has 3 aromatic carbocycles. The molecule has 0 fully saturated rings. The van der Waals surface area contributed by atoms with E-state index in [0.29, 0.717) is 6.61 Å². The maximum atomic E-state index is 11.1. The second-order valence-corrected chi connectivity index (χ2v) is 14.1. The van der Waals surface area contributed by atoms with E-state index in [1.54, 1.807) is 0 Å². The van der Waals surface area contributed by atoms with Crippen LogP contribution < -0.4 is 10.4 Å². The molecule has 1 atom stereocenters. The number of hydrogen-bond donors (Lipinski definition) is 1. The van der Waals surface area contributed by atoms with Crippen molar-refractivity contribution in [1.82, 2.24) is 0 Å². The molecule has 3 heteroatoms. The molecule has 0 amide bonds. The van der Waals surface area contributed by atoms with Gasteiger partial charge in [0.25, 0.3) is 8.32 Å². The van der Waals surface area contributed by atoms with Gasteiger partial charge in [-0.25, -0.2) is 0 Å². The maximum absolute atomic E-state index is 11.1. The molecular weight excluding hydrogens is 408 g/mol. The fourth-order valence-corrected chi connectivity index (χ4v) is 8.90. The maximum Gasteiger partial charge on any atom is 0.261 e. The van der Waals surface area contributed by atoms with Gasteiger partial charge in [-0.2, -0.15) is 0 Å². The van der Waals surface area contributed by atoms with Gasteiger partial charge in [0.15, 0.2) is 0 Å². The van der Waals surface area contributed by atoms with Gasteiger partial charge in [0, 0.05) is 0 Å². The number of hydrogen-bond acceptors (Lipinski definition) is 2. The van der Waals surface area contributed by atoms with E-state index in [-0.39, 0.29) is 11.0 Å². The Balaban J connectivity index is 2.10. The minimum Gasteiger partial charge on any atom is -0.403 e. The zero-order chi connectivity index (χ0) is 23.2. The highest BCUT2D eigenvalue weighted by molar-refractivity contribution is 6.99. The quantitative estimate of drug-likeness (QED) is 0.454. The summed E-state index contributed by atoms with van der Waals surface area (Å²) in [4.78, 5) is 0. The third kappa shape index (κ3) is 5.29. The van der Waals surface area contributed by atoms with Gasteiger partial charge >= 0.3 is 0 Å². The summed E-state index contributed by atoms with van der Waals surface area (Å²) in [6.45, 7) is 11.3. The second-order valence-electron chi connectivity index (χ2n) is 9.77. The molecule has 0 aliphatic heterocycles. The summed E-state index contributed by atoms with van der Waals surface area (Å²) >= 11 is 0. The third-order valence-corrected chi connectivity index (χ3v) is 11.0. The van der Waals surface area contributed by atoms with Crippen molar-refractivity contribution in [2.75, 3.05) is 6.61 Å². The predicted molar refractivity (Wildman–Crippen MR) is 139 cm³/mol. The van der Waals surface area contributed by atoms with Crippen molar-refractivity contribution in [3.8, 4) is 0 Å². The Labute approximate surface area is 194 Å². The Morgan fingerprint density at radius 1 is 0.812 bits per heavy atom. The van der Waals surface area contributed by atoms with Crippen molar-refractivity contribution in [1.29, 1.82) is 0 Å². The first kappa shape index (κ1) is 24.2. The summed E-state index contributed by atoms with van der Waals surface area (Å²) < 4.78 is 7.08. The van der Waals surface area contributed by atoms with Gasteiger partial charge in [-0.3, -0.25) is 0 Å². The van der Waals surface area contributed by atoms with E-state index in [1.807, 2.05) is 32.0 Å². The summed E-state index contributed by atoms with van der Waals surface area (Å²) in [6, 6.07) is 31.5. The van der Waals surface area contributed by atoms with E-state index in [4.69, 9.17) is 4.43 Å². The number of benzene rings is 3. The highest BCUT2D eigenvalue weighted by Crippen LogP contribution is 2.37. The molecule has 1 unspecified atom stereocenters. The SMILES string of the molecule is CC(C)C(O)/C(=C/c1ccccc1)CO[Si](c1ccccc1)(c1ccccc1)C(C)(C)C. The van der Waals surface area contributed by atoms with Crippen molar-refractivity contribution in [2.45, 2.75) is 45.8 Å². The normalized spacial score (nSPS) is 13.9. The lowest BCUT2D eigenvalue weighted by molar-refractivity contribution is 0.146. The van der Waals surface area contributed by atoms with Gasteiger partial charge in [-0.05, 0) is 32.5 Å². The first-order valence-electron chi connectivity index (χ1n) is 11.4. The lowest BCUT2D eigenvalue weighted by Crippen LogP contribution is -2.66. The van der Waals surface area contributed by atoms with Crippen LogP contribution in [0.25, 0.3) is 6.08 Å². The van der Waals surface area contributed by atoms with Crippen molar-refractivity contribution < 1.29 is 9.53 Å². The molecule has 3 rings (SSSR count). The molecule has 2 nitrogen and oxygen atoms in total. The van der Waals surface area contributed by atoms with Gasteiger partial charge in [0.2, 0.25) is 0 Å². The van der Waals surface area contributed by atoms with E-state index in [1.165, 1.54) is 10.4 Å². The van der Waals surface area contributed by atoms with Gasteiger partial charge in [-0.1, -0.05) is 132 Å².